The second-order valence-corrected chi connectivity index (χ2v) is 4.95. The lowest BCUT2D eigenvalue weighted by molar-refractivity contribution is -0.154. The van der Waals surface area contributed by atoms with Gasteiger partial charge in [-0.15, -0.1) is 0 Å². The predicted molar refractivity (Wildman–Crippen MR) is 78.6 cm³/mol. The number of nitrogens with zero attached hydrogens (tertiary/aromatic N) is 2. The van der Waals surface area contributed by atoms with Crippen molar-refractivity contribution in [2.75, 3.05) is 6.61 Å². The Morgan fingerprint density at radius 2 is 2.08 bits per heavy atom. The van der Waals surface area contributed by atoms with E-state index in [0.717, 1.165) is 0 Å². The molecule has 0 unspecified atom stereocenters. The van der Waals surface area contributed by atoms with Crippen molar-refractivity contribution in [2.24, 2.45) is 7.05 Å². The van der Waals surface area contributed by atoms with Gasteiger partial charge in [-0.2, -0.15) is 13.2 Å². The number of carbonyl (C=O) groups excluding carboxylic acids is 1. The Hall–Kier alpha value is -2.84. The van der Waals surface area contributed by atoms with E-state index < -0.39 is 18.7 Å². The lowest BCUT2D eigenvalue weighted by Crippen LogP contribution is -2.25. The number of alkyl halides is 3. The zero-order chi connectivity index (χ0) is 17.7. The molecule has 9 heteroatoms. The summed E-state index contributed by atoms with van der Waals surface area (Å²) in [7, 11) is 1.56. The Labute approximate surface area is 134 Å². The highest BCUT2D eigenvalue weighted by Gasteiger charge is 2.28. The van der Waals surface area contributed by atoms with E-state index in [2.05, 4.69) is 15.0 Å². The molecule has 2 rings (SSSR count). The van der Waals surface area contributed by atoms with Gasteiger partial charge in [0.15, 0.2) is 6.61 Å². The monoisotopic (exact) mass is 341 g/mol. The van der Waals surface area contributed by atoms with Crippen molar-refractivity contribution < 1.29 is 22.7 Å². The van der Waals surface area contributed by atoms with Gasteiger partial charge in [0.2, 0.25) is 5.88 Å². The van der Waals surface area contributed by atoms with Gasteiger partial charge < -0.3 is 14.6 Å². The number of ether oxygens (including phenoxy) is 1. The van der Waals surface area contributed by atoms with E-state index in [4.69, 9.17) is 0 Å². The van der Waals surface area contributed by atoms with Crippen molar-refractivity contribution in [1.29, 1.82) is 0 Å². The number of amides is 1. The molecule has 0 atom stereocenters. The summed E-state index contributed by atoms with van der Waals surface area (Å²) in [6.07, 6.45) is -1.70. The Balaban J connectivity index is 1.97. The molecule has 128 valence electrons. The maximum absolute atomic E-state index is 12.1. The van der Waals surface area contributed by atoms with Crippen molar-refractivity contribution in [3.05, 3.63) is 58.1 Å². The molecule has 2 aromatic rings. The maximum Gasteiger partial charge on any atom is 0.422 e. The number of halogens is 3. The average Bonchev–Trinajstić information content (AvgIpc) is 2.53. The third-order valence-electron chi connectivity index (χ3n) is 3.00. The number of aryl methyl sites for hydroxylation is 1. The number of hydrogen-bond acceptors (Lipinski definition) is 4. The molecule has 0 aliphatic carbocycles. The normalized spacial score (nSPS) is 11.2. The maximum atomic E-state index is 12.1. The van der Waals surface area contributed by atoms with E-state index in [-0.39, 0.29) is 23.5 Å². The number of pyridine rings is 2. The topological polar surface area (TPSA) is 73.2 Å². The van der Waals surface area contributed by atoms with Crippen LogP contribution in [0.3, 0.4) is 0 Å². The van der Waals surface area contributed by atoms with Gasteiger partial charge in [-0.3, -0.25) is 9.59 Å². The third kappa shape index (κ3) is 5.11. The summed E-state index contributed by atoms with van der Waals surface area (Å²) in [5, 5.41) is 2.57. The molecule has 0 aliphatic rings. The fraction of sp³-hybridized carbons (Fsp3) is 0.267. The van der Waals surface area contributed by atoms with E-state index in [1.54, 1.807) is 7.05 Å². The smallest absolute Gasteiger partial charge is 0.422 e. The molecular weight excluding hydrogens is 327 g/mol. The summed E-state index contributed by atoms with van der Waals surface area (Å²) in [6.45, 7) is -1.39. The summed E-state index contributed by atoms with van der Waals surface area (Å²) >= 11 is 0. The summed E-state index contributed by atoms with van der Waals surface area (Å²) < 4.78 is 42.2. The highest BCUT2D eigenvalue weighted by Crippen LogP contribution is 2.17. The molecule has 0 aliphatic heterocycles. The van der Waals surface area contributed by atoms with Gasteiger partial charge in [0, 0.05) is 43.7 Å². The van der Waals surface area contributed by atoms with Crippen LogP contribution in [-0.4, -0.2) is 28.2 Å². The number of aromatic nitrogens is 2. The van der Waals surface area contributed by atoms with Gasteiger partial charge in [-0.25, -0.2) is 4.98 Å². The lowest BCUT2D eigenvalue weighted by Gasteiger charge is -2.10. The fourth-order valence-corrected chi connectivity index (χ4v) is 1.77. The standard InChI is InChI=1S/C15H14F3N3O3/c1-21-5-3-11(7-13(21)22)14(23)20-8-10-2-4-19-12(6-10)24-9-15(16,17)18/h2-7H,8-9H2,1H3,(H,20,23). The zero-order valence-electron chi connectivity index (χ0n) is 12.6. The Kier molecular flexibility index (Phi) is 5.22. The molecule has 0 saturated carbocycles. The van der Waals surface area contributed by atoms with E-state index in [1.165, 1.54) is 41.2 Å². The summed E-state index contributed by atoms with van der Waals surface area (Å²) in [5.74, 6) is -0.657. The molecule has 0 spiro atoms. The molecule has 0 bridgehead atoms. The second kappa shape index (κ2) is 7.16. The van der Waals surface area contributed by atoms with Crippen LogP contribution in [-0.2, 0) is 13.6 Å². The molecule has 0 aromatic carbocycles. The highest BCUT2D eigenvalue weighted by atomic mass is 19.4. The van der Waals surface area contributed by atoms with Crippen molar-refractivity contribution in [3.63, 3.8) is 0 Å². The zero-order valence-corrected chi connectivity index (χ0v) is 12.6. The largest absolute Gasteiger partial charge is 0.468 e. The molecular formula is C15H14F3N3O3. The molecule has 24 heavy (non-hydrogen) atoms. The molecule has 1 N–H and O–H groups in total. The third-order valence-corrected chi connectivity index (χ3v) is 3.00. The first kappa shape index (κ1) is 17.5. The minimum atomic E-state index is -4.45. The van der Waals surface area contributed by atoms with Gasteiger partial charge in [-0.1, -0.05) is 0 Å². The number of rotatable bonds is 5. The Morgan fingerprint density at radius 1 is 1.33 bits per heavy atom. The molecule has 2 aromatic heterocycles. The average molecular weight is 341 g/mol. The van der Waals surface area contributed by atoms with Gasteiger partial charge >= 0.3 is 6.18 Å². The van der Waals surface area contributed by atoms with Gasteiger partial charge in [0.05, 0.1) is 0 Å². The molecule has 0 fully saturated rings. The van der Waals surface area contributed by atoms with Crippen molar-refractivity contribution in [3.8, 4) is 5.88 Å². The molecule has 2 heterocycles. The first-order valence-corrected chi connectivity index (χ1v) is 6.84. The highest BCUT2D eigenvalue weighted by molar-refractivity contribution is 5.93. The minimum Gasteiger partial charge on any atom is -0.468 e. The second-order valence-electron chi connectivity index (χ2n) is 4.95. The van der Waals surface area contributed by atoms with Crippen molar-refractivity contribution >= 4 is 5.91 Å². The van der Waals surface area contributed by atoms with Crippen LogP contribution in [0.25, 0.3) is 0 Å². The molecule has 0 radical (unpaired) electrons. The predicted octanol–water partition coefficient (Wildman–Crippen LogP) is 1.65. The first-order chi connectivity index (χ1) is 11.2. The van der Waals surface area contributed by atoms with Crippen LogP contribution in [0, 0.1) is 0 Å². The Morgan fingerprint density at radius 3 is 2.75 bits per heavy atom. The van der Waals surface area contributed by atoms with Gasteiger partial charge in [0.1, 0.15) is 0 Å². The fourth-order valence-electron chi connectivity index (χ4n) is 1.77. The molecule has 6 nitrogen and oxygen atoms in total. The van der Waals surface area contributed by atoms with E-state index in [0.29, 0.717) is 5.56 Å². The summed E-state index contributed by atoms with van der Waals surface area (Å²) in [4.78, 5) is 27.1. The Bertz CT molecular complexity index is 787. The lowest BCUT2D eigenvalue weighted by atomic mass is 10.2. The molecule has 1 amide bonds. The SMILES string of the molecule is Cn1ccc(C(=O)NCc2ccnc(OCC(F)(F)F)c2)cc1=O. The quantitative estimate of drug-likeness (QED) is 0.898. The summed E-state index contributed by atoms with van der Waals surface area (Å²) in [5.41, 5.74) is 0.384. The van der Waals surface area contributed by atoms with Crippen molar-refractivity contribution in [2.45, 2.75) is 12.7 Å². The minimum absolute atomic E-state index is 0.0545. The van der Waals surface area contributed by atoms with Gasteiger partial charge in [0.25, 0.3) is 11.5 Å². The van der Waals surface area contributed by atoms with Crippen LogP contribution < -0.4 is 15.6 Å². The number of hydrogen-bond donors (Lipinski definition) is 1. The number of carbonyl (C=O) groups is 1. The first-order valence-electron chi connectivity index (χ1n) is 6.84. The van der Waals surface area contributed by atoms with Crippen LogP contribution in [0.2, 0.25) is 0 Å². The van der Waals surface area contributed by atoms with Crippen LogP contribution in [0.5, 0.6) is 5.88 Å². The van der Waals surface area contributed by atoms with E-state index in [9.17, 15) is 22.8 Å². The van der Waals surface area contributed by atoms with Crippen LogP contribution in [0.1, 0.15) is 15.9 Å². The molecule has 0 saturated heterocycles. The van der Waals surface area contributed by atoms with Crippen LogP contribution in [0.15, 0.2) is 41.5 Å². The van der Waals surface area contributed by atoms with Crippen molar-refractivity contribution in [1.82, 2.24) is 14.9 Å². The summed E-state index contributed by atoms with van der Waals surface area (Å²) in [6, 6.07) is 5.52. The van der Waals surface area contributed by atoms with E-state index in [1.807, 2.05) is 0 Å². The van der Waals surface area contributed by atoms with Crippen LogP contribution >= 0.6 is 0 Å². The van der Waals surface area contributed by atoms with E-state index >= 15 is 0 Å². The van der Waals surface area contributed by atoms with Crippen LogP contribution in [0.4, 0.5) is 13.2 Å². The number of nitrogens with one attached hydrogen (secondary N) is 1. The van der Waals surface area contributed by atoms with Gasteiger partial charge in [-0.05, 0) is 17.7 Å².